The number of furan rings is 1. The zero-order valence-electron chi connectivity index (χ0n) is 14.3. The minimum absolute atomic E-state index is 0.105. The maximum atomic E-state index is 12.2. The Labute approximate surface area is 152 Å². The highest BCUT2D eigenvalue weighted by Crippen LogP contribution is 2.21. The number of ether oxygens (including phenoxy) is 1. The minimum Gasteiger partial charge on any atom is -0.484 e. The second-order valence-corrected chi connectivity index (χ2v) is 5.81. The average Bonchev–Trinajstić information content (AvgIpc) is 3.27. The number of carbonyl (C=O) groups is 1. The van der Waals surface area contributed by atoms with Crippen LogP contribution in [0.25, 0.3) is 11.5 Å². The van der Waals surface area contributed by atoms with Crippen LogP contribution in [0.4, 0.5) is 13.2 Å². The van der Waals surface area contributed by atoms with Gasteiger partial charge in [0, 0.05) is 12.6 Å². The summed E-state index contributed by atoms with van der Waals surface area (Å²) in [7, 11) is 0. The Morgan fingerprint density at radius 2 is 1.96 bits per heavy atom. The lowest BCUT2D eigenvalue weighted by molar-refractivity contribution is -0.153. The van der Waals surface area contributed by atoms with Crippen LogP contribution in [0, 0.1) is 6.92 Å². The van der Waals surface area contributed by atoms with Crippen molar-refractivity contribution in [2.75, 3.05) is 6.61 Å². The molecule has 2 N–H and O–H groups in total. The van der Waals surface area contributed by atoms with Gasteiger partial charge in [0.05, 0.1) is 0 Å². The number of halogens is 3. The largest absolute Gasteiger partial charge is 0.484 e. The first kappa shape index (κ1) is 18.6. The number of H-pyrrole nitrogens is 1. The molecule has 0 bridgehead atoms. The molecule has 0 aliphatic rings. The molecule has 9 heteroatoms. The van der Waals surface area contributed by atoms with Crippen molar-refractivity contribution < 1.29 is 27.1 Å². The van der Waals surface area contributed by atoms with Crippen LogP contribution in [-0.2, 0) is 6.54 Å². The third-order valence-electron chi connectivity index (χ3n) is 3.60. The Morgan fingerprint density at radius 3 is 2.59 bits per heavy atom. The number of alkyl halides is 3. The van der Waals surface area contributed by atoms with Gasteiger partial charge in [-0.05, 0) is 36.8 Å². The van der Waals surface area contributed by atoms with Crippen molar-refractivity contribution in [3.63, 3.8) is 0 Å². The first-order valence-electron chi connectivity index (χ1n) is 7.99. The van der Waals surface area contributed by atoms with E-state index in [1.165, 1.54) is 12.1 Å². The third-order valence-corrected chi connectivity index (χ3v) is 3.60. The topological polar surface area (TPSA) is 80.1 Å². The van der Waals surface area contributed by atoms with Crippen LogP contribution in [0.15, 0.2) is 46.9 Å². The van der Waals surface area contributed by atoms with Gasteiger partial charge in [-0.1, -0.05) is 12.1 Å². The van der Waals surface area contributed by atoms with E-state index in [0.717, 1.165) is 5.76 Å². The summed E-state index contributed by atoms with van der Waals surface area (Å²) in [6.45, 7) is 0.660. The van der Waals surface area contributed by atoms with E-state index in [2.05, 4.69) is 20.3 Å². The monoisotopic (exact) mass is 379 g/mol. The number of hydrogen-bond acceptors (Lipinski definition) is 4. The van der Waals surface area contributed by atoms with Crippen LogP contribution in [0.3, 0.4) is 0 Å². The van der Waals surface area contributed by atoms with Gasteiger partial charge >= 0.3 is 6.18 Å². The number of aromatic nitrogens is 2. The van der Waals surface area contributed by atoms with E-state index >= 15 is 0 Å². The Balaban J connectivity index is 1.54. The summed E-state index contributed by atoms with van der Waals surface area (Å²) < 4.78 is 46.4. The normalized spacial score (nSPS) is 11.4. The maximum absolute atomic E-state index is 12.2. The number of rotatable bonds is 6. The van der Waals surface area contributed by atoms with Gasteiger partial charge in [-0.3, -0.25) is 9.89 Å². The van der Waals surface area contributed by atoms with Crippen LogP contribution < -0.4 is 10.1 Å². The third kappa shape index (κ3) is 5.13. The zero-order chi connectivity index (χ0) is 19.4. The highest BCUT2D eigenvalue weighted by molar-refractivity contribution is 5.93. The smallest absolute Gasteiger partial charge is 0.422 e. The van der Waals surface area contributed by atoms with Crippen molar-refractivity contribution in [1.82, 2.24) is 15.5 Å². The lowest BCUT2D eigenvalue weighted by Gasteiger charge is -2.09. The standard InChI is InChI=1S/C18H16F3N3O3/c1-11-2-7-16(27-11)14-8-15(24-23-14)17(25)22-9-12-3-5-13(6-4-12)26-10-18(19,20)21/h2-8H,9-10H2,1H3,(H,22,25)(H,23,24). The van der Waals surface area contributed by atoms with Crippen molar-refractivity contribution in [1.29, 1.82) is 0 Å². The molecule has 0 saturated carbocycles. The molecule has 0 saturated heterocycles. The fourth-order valence-electron chi connectivity index (χ4n) is 2.29. The lowest BCUT2D eigenvalue weighted by atomic mass is 10.2. The molecule has 0 aliphatic heterocycles. The van der Waals surface area contributed by atoms with Gasteiger partial charge in [-0.2, -0.15) is 18.3 Å². The molecule has 0 aliphatic carbocycles. The van der Waals surface area contributed by atoms with Crippen LogP contribution in [0.1, 0.15) is 21.8 Å². The number of nitrogens with zero attached hydrogens (tertiary/aromatic N) is 1. The Kier molecular flexibility index (Phi) is 5.20. The van der Waals surface area contributed by atoms with Gasteiger partial charge in [0.1, 0.15) is 17.2 Å². The number of aryl methyl sites for hydroxylation is 1. The summed E-state index contributed by atoms with van der Waals surface area (Å²) in [5, 5.41) is 9.38. The Hall–Kier alpha value is -3.23. The SMILES string of the molecule is Cc1ccc(-c2cc(C(=O)NCc3ccc(OCC(F)(F)F)cc3)n[nH]2)o1. The van der Waals surface area contributed by atoms with Gasteiger partial charge in [0.25, 0.3) is 5.91 Å². The number of nitrogens with one attached hydrogen (secondary N) is 2. The van der Waals surface area contributed by atoms with Crippen molar-refractivity contribution in [2.24, 2.45) is 0 Å². The van der Waals surface area contributed by atoms with Gasteiger partial charge in [0.15, 0.2) is 18.1 Å². The van der Waals surface area contributed by atoms with E-state index in [0.29, 0.717) is 17.0 Å². The average molecular weight is 379 g/mol. The molecule has 1 amide bonds. The van der Waals surface area contributed by atoms with Crippen molar-refractivity contribution in [3.05, 3.63) is 59.5 Å². The van der Waals surface area contributed by atoms with Crippen molar-refractivity contribution in [2.45, 2.75) is 19.6 Å². The zero-order valence-corrected chi connectivity index (χ0v) is 14.3. The van der Waals surface area contributed by atoms with E-state index in [-0.39, 0.29) is 18.0 Å². The Bertz CT molecular complexity index is 914. The molecule has 142 valence electrons. The van der Waals surface area contributed by atoms with E-state index in [9.17, 15) is 18.0 Å². The molecule has 0 fully saturated rings. The molecular weight excluding hydrogens is 363 g/mol. The number of hydrogen-bond donors (Lipinski definition) is 2. The molecule has 1 aromatic carbocycles. The van der Waals surface area contributed by atoms with Crippen molar-refractivity contribution >= 4 is 5.91 Å². The molecule has 3 rings (SSSR count). The molecular formula is C18H16F3N3O3. The fraction of sp³-hybridized carbons (Fsp3) is 0.222. The predicted molar refractivity (Wildman–Crippen MR) is 90.2 cm³/mol. The molecule has 0 unspecified atom stereocenters. The summed E-state index contributed by atoms with van der Waals surface area (Å²) in [4.78, 5) is 12.2. The minimum atomic E-state index is -4.39. The lowest BCUT2D eigenvalue weighted by Crippen LogP contribution is -2.23. The predicted octanol–water partition coefficient (Wildman–Crippen LogP) is 3.85. The van der Waals surface area contributed by atoms with Crippen LogP contribution in [0.5, 0.6) is 5.75 Å². The number of carbonyl (C=O) groups excluding carboxylic acids is 1. The van der Waals surface area contributed by atoms with E-state index in [4.69, 9.17) is 4.42 Å². The number of benzene rings is 1. The highest BCUT2D eigenvalue weighted by atomic mass is 19.4. The first-order valence-corrected chi connectivity index (χ1v) is 7.99. The van der Waals surface area contributed by atoms with Crippen LogP contribution in [0.2, 0.25) is 0 Å². The summed E-state index contributed by atoms with van der Waals surface area (Å²) in [6.07, 6.45) is -4.39. The highest BCUT2D eigenvalue weighted by Gasteiger charge is 2.28. The fourth-order valence-corrected chi connectivity index (χ4v) is 2.29. The second-order valence-electron chi connectivity index (χ2n) is 5.81. The molecule has 2 heterocycles. The summed E-state index contributed by atoms with van der Waals surface area (Å²) in [6, 6.07) is 11.1. The molecule has 0 spiro atoms. The Morgan fingerprint density at radius 1 is 1.22 bits per heavy atom. The molecule has 0 atom stereocenters. The molecule has 6 nitrogen and oxygen atoms in total. The van der Waals surface area contributed by atoms with Crippen LogP contribution >= 0.6 is 0 Å². The summed E-state index contributed by atoms with van der Waals surface area (Å²) >= 11 is 0. The maximum Gasteiger partial charge on any atom is 0.422 e. The second kappa shape index (κ2) is 7.56. The van der Waals surface area contributed by atoms with E-state index in [1.807, 2.05) is 6.92 Å². The molecule has 3 aromatic rings. The van der Waals surface area contributed by atoms with Gasteiger partial charge in [-0.15, -0.1) is 0 Å². The van der Waals surface area contributed by atoms with Gasteiger partial charge < -0.3 is 14.5 Å². The van der Waals surface area contributed by atoms with Gasteiger partial charge in [0.2, 0.25) is 0 Å². The summed E-state index contributed by atoms with van der Waals surface area (Å²) in [5.41, 5.74) is 1.49. The molecule has 27 heavy (non-hydrogen) atoms. The van der Waals surface area contributed by atoms with Gasteiger partial charge in [-0.25, -0.2) is 0 Å². The van der Waals surface area contributed by atoms with E-state index in [1.54, 1.807) is 30.3 Å². The number of aromatic amines is 1. The number of amides is 1. The quantitative estimate of drug-likeness (QED) is 0.682. The molecule has 0 radical (unpaired) electrons. The first-order chi connectivity index (χ1) is 12.8. The van der Waals surface area contributed by atoms with E-state index < -0.39 is 18.7 Å². The van der Waals surface area contributed by atoms with Crippen molar-refractivity contribution in [3.8, 4) is 17.2 Å². The molecule has 2 aromatic heterocycles. The van der Waals surface area contributed by atoms with Crippen LogP contribution in [-0.4, -0.2) is 28.9 Å². The summed E-state index contributed by atoms with van der Waals surface area (Å²) in [5.74, 6) is 1.04.